The van der Waals surface area contributed by atoms with Gasteiger partial charge in [0, 0.05) is 24.5 Å². The molecule has 1 aromatic carbocycles. The molecule has 26 heavy (non-hydrogen) atoms. The molecule has 0 bridgehead atoms. The second-order valence-corrected chi connectivity index (χ2v) is 9.47. The zero-order valence-electron chi connectivity index (χ0n) is 17.2. The molecule has 5 atom stereocenters. The Morgan fingerprint density at radius 3 is 2.42 bits per heavy atom. The van der Waals surface area contributed by atoms with Crippen molar-refractivity contribution in [3.05, 3.63) is 35.9 Å². The van der Waals surface area contributed by atoms with Gasteiger partial charge in [0.05, 0.1) is 18.3 Å². The maximum Gasteiger partial charge on any atom is 0.0956 e. The third kappa shape index (κ3) is 4.16. The van der Waals surface area contributed by atoms with Crippen molar-refractivity contribution < 1.29 is 9.84 Å². The number of morpholine rings is 1. The first kappa shape index (κ1) is 19.9. The molecule has 0 aromatic heterocycles. The lowest BCUT2D eigenvalue weighted by molar-refractivity contribution is -0.149. The molecule has 0 radical (unpaired) electrons. The lowest BCUT2D eigenvalue weighted by Crippen LogP contribution is -2.60. The summed E-state index contributed by atoms with van der Waals surface area (Å²) in [6.07, 6.45) is 3.43. The summed E-state index contributed by atoms with van der Waals surface area (Å²) in [5, 5.41) is 10.8. The highest BCUT2D eigenvalue weighted by Gasteiger charge is 2.45. The first-order valence-electron chi connectivity index (χ1n) is 10.4. The quantitative estimate of drug-likeness (QED) is 0.848. The molecule has 1 N–H and O–H groups in total. The van der Waals surface area contributed by atoms with E-state index in [1.54, 1.807) is 0 Å². The van der Waals surface area contributed by atoms with Crippen molar-refractivity contribution >= 4 is 0 Å². The fourth-order valence-electron chi connectivity index (χ4n) is 4.89. The van der Waals surface area contributed by atoms with Gasteiger partial charge < -0.3 is 9.84 Å². The Labute approximate surface area is 159 Å². The van der Waals surface area contributed by atoms with Gasteiger partial charge in [0.15, 0.2) is 0 Å². The van der Waals surface area contributed by atoms with Gasteiger partial charge in [-0.1, -0.05) is 57.5 Å². The Morgan fingerprint density at radius 2 is 1.81 bits per heavy atom. The Hall–Kier alpha value is -0.900. The van der Waals surface area contributed by atoms with E-state index >= 15 is 0 Å². The van der Waals surface area contributed by atoms with Gasteiger partial charge in [-0.3, -0.25) is 4.90 Å². The molecule has 2 fully saturated rings. The lowest BCUT2D eigenvalue weighted by Gasteiger charge is -2.52. The Bertz CT molecular complexity index is 571. The van der Waals surface area contributed by atoms with Crippen LogP contribution in [0.25, 0.3) is 0 Å². The predicted octanol–water partition coefficient (Wildman–Crippen LogP) is 4.66. The molecule has 1 saturated heterocycles. The number of hydrogen-bond donors (Lipinski definition) is 1. The van der Waals surface area contributed by atoms with Crippen molar-refractivity contribution in [2.75, 3.05) is 13.1 Å². The normalized spacial score (nSPS) is 34.2. The fourth-order valence-corrected chi connectivity index (χ4v) is 4.89. The molecule has 3 nitrogen and oxygen atoms in total. The summed E-state index contributed by atoms with van der Waals surface area (Å²) in [6, 6.07) is 10.6. The summed E-state index contributed by atoms with van der Waals surface area (Å²) < 4.78 is 6.49. The van der Waals surface area contributed by atoms with E-state index in [1.165, 1.54) is 12.0 Å². The number of benzene rings is 1. The van der Waals surface area contributed by atoms with E-state index in [1.807, 2.05) is 0 Å². The van der Waals surface area contributed by atoms with Gasteiger partial charge in [-0.15, -0.1) is 0 Å². The summed E-state index contributed by atoms with van der Waals surface area (Å²) in [5.41, 5.74) is 1.24. The molecule has 1 heterocycles. The molecular formula is C23H37NO2. The van der Waals surface area contributed by atoms with Crippen LogP contribution >= 0.6 is 0 Å². The zero-order chi connectivity index (χ0) is 18.9. The average molecular weight is 360 g/mol. The molecule has 146 valence electrons. The molecule has 0 amide bonds. The highest BCUT2D eigenvalue weighted by atomic mass is 16.5. The minimum atomic E-state index is -0.190. The van der Waals surface area contributed by atoms with Crippen LogP contribution in [-0.2, 0) is 4.74 Å². The molecule has 1 saturated carbocycles. The van der Waals surface area contributed by atoms with Gasteiger partial charge in [0.2, 0.25) is 0 Å². The second kappa shape index (κ2) is 8.00. The maximum atomic E-state index is 10.8. The molecular weight excluding hydrogens is 322 g/mol. The zero-order valence-corrected chi connectivity index (χ0v) is 17.2. The van der Waals surface area contributed by atoms with Gasteiger partial charge >= 0.3 is 0 Å². The molecule has 1 aromatic rings. The summed E-state index contributed by atoms with van der Waals surface area (Å²) in [5.74, 6) is 1.46. The van der Waals surface area contributed by atoms with Crippen LogP contribution < -0.4 is 0 Å². The predicted molar refractivity (Wildman–Crippen MR) is 107 cm³/mol. The van der Waals surface area contributed by atoms with Gasteiger partial charge in [-0.25, -0.2) is 0 Å². The number of aliphatic hydroxyl groups excluding tert-OH is 1. The number of hydrogen-bond acceptors (Lipinski definition) is 3. The van der Waals surface area contributed by atoms with Crippen LogP contribution in [0, 0.1) is 17.8 Å². The van der Waals surface area contributed by atoms with Crippen molar-refractivity contribution in [1.29, 1.82) is 0 Å². The highest BCUT2D eigenvalue weighted by Crippen LogP contribution is 2.41. The van der Waals surface area contributed by atoms with Crippen molar-refractivity contribution in [1.82, 2.24) is 4.90 Å². The van der Waals surface area contributed by atoms with Gasteiger partial charge in [-0.05, 0) is 44.1 Å². The molecule has 3 heteroatoms. The van der Waals surface area contributed by atoms with Gasteiger partial charge in [0.1, 0.15) is 0 Å². The molecule has 0 spiro atoms. The maximum absolute atomic E-state index is 10.8. The summed E-state index contributed by atoms with van der Waals surface area (Å²) >= 11 is 0. The van der Waals surface area contributed by atoms with Crippen LogP contribution in [0.1, 0.15) is 65.5 Å². The van der Waals surface area contributed by atoms with Crippen LogP contribution in [0.4, 0.5) is 0 Å². The topological polar surface area (TPSA) is 32.7 Å². The van der Waals surface area contributed by atoms with Crippen LogP contribution in [0.15, 0.2) is 30.3 Å². The van der Waals surface area contributed by atoms with E-state index in [2.05, 4.69) is 69.9 Å². The van der Waals surface area contributed by atoms with E-state index < -0.39 is 0 Å². The third-order valence-corrected chi connectivity index (χ3v) is 6.84. The first-order chi connectivity index (χ1) is 12.3. The second-order valence-electron chi connectivity index (χ2n) is 9.47. The van der Waals surface area contributed by atoms with E-state index in [4.69, 9.17) is 4.74 Å². The van der Waals surface area contributed by atoms with Crippen molar-refractivity contribution in [2.45, 2.75) is 77.7 Å². The van der Waals surface area contributed by atoms with Gasteiger partial charge in [0.25, 0.3) is 0 Å². The number of ether oxygens (including phenoxy) is 1. The summed E-state index contributed by atoms with van der Waals surface area (Å²) in [7, 11) is 0. The van der Waals surface area contributed by atoms with Crippen LogP contribution in [-0.4, -0.2) is 40.8 Å². The van der Waals surface area contributed by atoms with Crippen molar-refractivity contribution in [3.8, 4) is 0 Å². The van der Waals surface area contributed by atoms with Crippen LogP contribution in [0.5, 0.6) is 0 Å². The van der Waals surface area contributed by atoms with Crippen molar-refractivity contribution in [3.63, 3.8) is 0 Å². The number of rotatable bonds is 4. The minimum Gasteiger partial charge on any atom is -0.393 e. The third-order valence-electron chi connectivity index (χ3n) is 6.84. The van der Waals surface area contributed by atoms with Crippen LogP contribution in [0.3, 0.4) is 0 Å². The Kier molecular flexibility index (Phi) is 6.11. The van der Waals surface area contributed by atoms with E-state index in [9.17, 15) is 5.11 Å². The fraction of sp³-hybridized carbons (Fsp3) is 0.739. The van der Waals surface area contributed by atoms with E-state index in [-0.39, 0.29) is 23.9 Å². The van der Waals surface area contributed by atoms with E-state index in [0.717, 1.165) is 25.9 Å². The van der Waals surface area contributed by atoms with E-state index in [0.29, 0.717) is 17.8 Å². The number of aliphatic hydroxyl groups is 1. The van der Waals surface area contributed by atoms with Gasteiger partial charge in [-0.2, -0.15) is 0 Å². The molecule has 3 rings (SSSR count). The smallest absolute Gasteiger partial charge is 0.0956 e. The lowest BCUT2D eigenvalue weighted by atomic mass is 9.70. The Balaban J connectivity index is 1.82. The SMILES string of the molecule is CC(C)[C@@H]1CN(C(C)(C)[C@@H]2CC[C@@H](C)C[C@H]2O)C[C@H](c2ccccc2)O1. The largest absolute Gasteiger partial charge is 0.393 e. The number of nitrogens with zero attached hydrogens (tertiary/aromatic N) is 1. The monoisotopic (exact) mass is 359 g/mol. The molecule has 2 aliphatic rings. The first-order valence-corrected chi connectivity index (χ1v) is 10.4. The summed E-state index contributed by atoms with van der Waals surface area (Å²) in [4.78, 5) is 2.60. The average Bonchev–Trinajstić information content (AvgIpc) is 2.61. The van der Waals surface area contributed by atoms with Crippen molar-refractivity contribution in [2.24, 2.45) is 17.8 Å². The minimum absolute atomic E-state index is 0.0243. The standard InChI is InChI=1S/C23H37NO2/c1-16(2)21-14-24(15-22(26-21)18-9-7-6-8-10-18)23(4,5)19-12-11-17(3)13-20(19)25/h6-10,16-17,19-22,25H,11-15H2,1-5H3/t17-,19-,20-,21+,22-/m1/s1. The molecule has 0 unspecified atom stereocenters. The van der Waals surface area contributed by atoms with Crippen LogP contribution in [0.2, 0.25) is 0 Å². The Morgan fingerprint density at radius 1 is 1.12 bits per heavy atom. The summed E-state index contributed by atoms with van der Waals surface area (Å²) in [6.45, 7) is 13.3. The highest BCUT2D eigenvalue weighted by molar-refractivity contribution is 5.19. The molecule has 1 aliphatic carbocycles. The molecule has 1 aliphatic heterocycles.